The lowest BCUT2D eigenvalue weighted by molar-refractivity contribution is 0.102. The highest BCUT2D eigenvalue weighted by atomic mass is 16.5. The monoisotopic (exact) mass is 427 g/mol. The molecule has 1 N–H and O–H groups in total. The zero-order valence-corrected chi connectivity index (χ0v) is 17.6. The number of nitrogens with one attached hydrogen (secondary N) is 1. The van der Waals surface area contributed by atoms with Gasteiger partial charge in [0.05, 0.1) is 19.9 Å². The number of methoxy groups -OCH3 is 2. The van der Waals surface area contributed by atoms with Crippen LogP contribution in [0.1, 0.15) is 10.4 Å². The highest BCUT2D eigenvalue weighted by Crippen LogP contribution is 2.25. The van der Waals surface area contributed by atoms with Gasteiger partial charge in [-0.15, -0.1) is 10.2 Å². The molecule has 0 aliphatic heterocycles. The third-order valence-corrected chi connectivity index (χ3v) is 4.69. The second-order valence-electron chi connectivity index (χ2n) is 6.80. The van der Waals surface area contributed by atoms with Gasteiger partial charge in [0.1, 0.15) is 17.2 Å². The quantitative estimate of drug-likeness (QED) is 0.436. The van der Waals surface area contributed by atoms with Crippen molar-refractivity contribution in [2.45, 2.75) is 0 Å². The van der Waals surface area contributed by atoms with Crippen LogP contribution in [0.15, 0.2) is 84.9 Å². The first kappa shape index (κ1) is 20.9. The van der Waals surface area contributed by atoms with Gasteiger partial charge < -0.3 is 19.5 Å². The Balaban J connectivity index is 1.41. The molecule has 0 bridgehead atoms. The van der Waals surface area contributed by atoms with E-state index in [1.54, 1.807) is 62.8 Å². The molecule has 0 aliphatic carbocycles. The van der Waals surface area contributed by atoms with Crippen LogP contribution < -0.4 is 19.5 Å². The molecule has 1 aromatic heterocycles. The van der Waals surface area contributed by atoms with Crippen molar-refractivity contribution < 1.29 is 19.0 Å². The van der Waals surface area contributed by atoms with Crippen LogP contribution in [0.2, 0.25) is 0 Å². The van der Waals surface area contributed by atoms with Gasteiger partial charge in [-0.05, 0) is 54.6 Å². The summed E-state index contributed by atoms with van der Waals surface area (Å²) in [6.45, 7) is 0. The van der Waals surface area contributed by atoms with Crippen molar-refractivity contribution in [3.63, 3.8) is 0 Å². The Bertz CT molecular complexity index is 1190. The second kappa shape index (κ2) is 9.61. The standard InChI is InChI=1S/C25H21N3O4/c1-30-20-12-10-19(11-13-20)26-25(29)18-8-6-17(7-9-18)23-14-15-24(28-27-23)32-22-5-3-4-21(16-22)31-2/h3-16H,1-2H3,(H,26,29). The largest absolute Gasteiger partial charge is 0.497 e. The predicted molar refractivity (Wildman–Crippen MR) is 121 cm³/mol. The molecule has 0 aliphatic rings. The van der Waals surface area contributed by atoms with Crippen molar-refractivity contribution in [2.24, 2.45) is 0 Å². The van der Waals surface area contributed by atoms with E-state index in [1.165, 1.54) is 0 Å². The van der Waals surface area contributed by atoms with Crippen molar-refractivity contribution in [3.8, 4) is 34.4 Å². The zero-order valence-electron chi connectivity index (χ0n) is 17.6. The Morgan fingerprint density at radius 1 is 0.750 bits per heavy atom. The number of nitrogens with zero attached hydrogens (tertiary/aromatic N) is 2. The van der Waals surface area contributed by atoms with Gasteiger partial charge in [-0.25, -0.2) is 0 Å². The molecule has 7 nitrogen and oxygen atoms in total. The fourth-order valence-electron chi connectivity index (χ4n) is 2.98. The summed E-state index contributed by atoms with van der Waals surface area (Å²) >= 11 is 0. The van der Waals surface area contributed by atoms with Crippen LogP contribution in [0.4, 0.5) is 5.69 Å². The first-order valence-corrected chi connectivity index (χ1v) is 9.86. The van der Waals surface area contributed by atoms with E-state index in [-0.39, 0.29) is 5.91 Å². The lowest BCUT2D eigenvalue weighted by atomic mass is 10.1. The Labute approximate surface area is 185 Å². The molecule has 1 amide bonds. The zero-order chi connectivity index (χ0) is 22.3. The first-order chi connectivity index (χ1) is 15.6. The molecule has 0 fully saturated rings. The average Bonchev–Trinajstić information content (AvgIpc) is 2.85. The molecule has 0 unspecified atom stereocenters. The summed E-state index contributed by atoms with van der Waals surface area (Å²) in [5, 5.41) is 11.2. The first-order valence-electron chi connectivity index (χ1n) is 9.86. The highest BCUT2D eigenvalue weighted by Gasteiger charge is 2.08. The minimum absolute atomic E-state index is 0.199. The van der Waals surface area contributed by atoms with Gasteiger partial charge in [0.15, 0.2) is 0 Å². The van der Waals surface area contributed by atoms with E-state index in [0.29, 0.717) is 34.3 Å². The van der Waals surface area contributed by atoms with Crippen LogP contribution >= 0.6 is 0 Å². The Morgan fingerprint density at radius 3 is 2.12 bits per heavy atom. The Morgan fingerprint density at radius 2 is 1.47 bits per heavy atom. The number of hydrogen-bond acceptors (Lipinski definition) is 6. The number of hydrogen-bond donors (Lipinski definition) is 1. The number of aromatic nitrogens is 2. The van der Waals surface area contributed by atoms with Crippen LogP contribution in [0.3, 0.4) is 0 Å². The molecular weight excluding hydrogens is 406 g/mol. The van der Waals surface area contributed by atoms with Crippen LogP contribution in [-0.4, -0.2) is 30.3 Å². The summed E-state index contributed by atoms with van der Waals surface area (Å²) in [6.07, 6.45) is 0. The Kier molecular flexibility index (Phi) is 6.27. The second-order valence-corrected chi connectivity index (χ2v) is 6.80. The van der Waals surface area contributed by atoms with E-state index in [4.69, 9.17) is 14.2 Å². The fourth-order valence-corrected chi connectivity index (χ4v) is 2.98. The number of rotatable bonds is 7. The van der Waals surface area contributed by atoms with E-state index in [1.807, 2.05) is 36.4 Å². The lowest BCUT2D eigenvalue weighted by Crippen LogP contribution is -2.11. The highest BCUT2D eigenvalue weighted by molar-refractivity contribution is 6.04. The van der Waals surface area contributed by atoms with Gasteiger partial charge in [-0.3, -0.25) is 4.79 Å². The number of amides is 1. The van der Waals surface area contributed by atoms with E-state index >= 15 is 0 Å². The minimum Gasteiger partial charge on any atom is -0.497 e. The molecule has 0 spiro atoms. The SMILES string of the molecule is COc1ccc(NC(=O)c2ccc(-c3ccc(Oc4cccc(OC)c4)nn3)cc2)cc1. The molecule has 160 valence electrons. The van der Waals surface area contributed by atoms with Crippen molar-refractivity contribution in [1.82, 2.24) is 10.2 Å². The van der Waals surface area contributed by atoms with E-state index in [0.717, 1.165) is 11.3 Å². The minimum atomic E-state index is -0.199. The van der Waals surface area contributed by atoms with Crippen molar-refractivity contribution in [3.05, 3.63) is 90.5 Å². The topological polar surface area (TPSA) is 82.6 Å². The maximum atomic E-state index is 12.5. The van der Waals surface area contributed by atoms with E-state index in [9.17, 15) is 4.79 Å². The molecule has 0 radical (unpaired) electrons. The number of carbonyl (C=O) groups excluding carboxylic acids is 1. The van der Waals surface area contributed by atoms with Gasteiger partial charge in [-0.1, -0.05) is 18.2 Å². The summed E-state index contributed by atoms with van der Waals surface area (Å²) < 4.78 is 16.0. The van der Waals surface area contributed by atoms with Crippen molar-refractivity contribution in [2.75, 3.05) is 19.5 Å². The van der Waals surface area contributed by atoms with E-state index in [2.05, 4.69) is 15.5 Å². The van der Waals surface area contributed by atoms with Crippen molar-refractivity contribution >= 4 is 11.6 Å². The number of benzene rings is 3. The third-order valence-electron chi connectivity index (χ3n) is 4.69. The summed E-state index contributed by atoms with van der Waals surface area (Å²) in [5.41, 5.74) is 2.74. The molecule has 3 aromatic carbocycles. The summed E-state index contributed by atoms with van der Waals surface area (Å²) in [4.78, 5) is 12.5. The van der Waals surface area contributed by atoms with Crippen LogP contribution in [0.25, 0.3) is 11.3 Å². The Hall–Kier alpha value is -4.39. The lowest BCUT2D eigenvalue weighted by Gasteiger charge is -2.08. The van der Waals surface area contributed by atoms with Crippen LogP contribution in [0, 0.1) is 0 Å². The normalized spacial score (nSPS) is 10.3. The molecule has 0 atom stereocenters. The maximum absolute atomic E-state index is 12.5. The molecule has 1 heterocycles. The number of anilines is 1. The molecule has 0 saturated carbocycles. The van der Waals surface area contributed by atoms with E-state index < -0.39 is 0 Å². The van der Waals surface area contributed by atoms with Gasteiger partial charge >= 0.3 is 0 Å². The average molecular weight is 427 g/mol. The molecule has 7 heteroatoms. The molecular formula is C25H21N3O4. The summed E-state index contributed by atoms with van der Waals surface area (Å²) in [6, 6.07) is 25.1. The third kappa shape index (κ3) is 5.02. The molecule has 0 saturated heterocycles. The molecule has 32 heavy (non-hydrogen) atoms. The summed E-state index contributed by atoms with van der Waals surface area (Å²) in [7, 11) is 3.20. The van der Waals surface area contributed by atoms with Crippen LogP contribution in [-0.2, 0) is 0 Å². The summed E-state index contributed by atoms with van der Waals surface area (Å²) in [5.74, 6) is 2.21. The van der Waals surface area contributed by atoms with Gasteiger partial charge in [-0.2, -0.15) is 0 Å². The van der Waals surface area contributed by atoms with Gasteiger partial charge in [0, 0.05) is 28.9 Å². The fraction of sp³-hybridized carbons (Fsp3) is 0.0800. The predicted octanol–water partition coefficient (Wildman–Crippen LogP) is 5.21. The van der Waals surface area contributed by atoms with Crippen LogP contribution in [0.5, 0.6) is 23.1 Å². The maximum Gasteiger partial charge on any atom is 0.255 e. The number of ether oxygens (including phenoxy) is 3. The molecule has 4 aromatic rings. The molecule has 4 rings (SSSR count). The van der Waals surface area contributed by atoms with Gasteiger partial charge in [0.2, 0.25) is 5.88 Å². The van der Waals surface area contributed by atoms with Gasteiger partial charge in [0.25, 0.3) is 5.91 Å². The van der Waals surface area contributed by atoms with Crippen molar-refractivity contribution in [1.29, 1.82) is 0 Å². The number of carbonyl (C=O) groups is 1. The smallest absolute Gasteiger partial charge is 0.255 e.